The molecule has 0 spiro atoms. The Morgan fingerprint density at radius 2 is 1.76 bits per heavy atom. The summed E-state index contributed by atoms with van der Waals surface area (Å²) in [6.45, 7) is 0.732. The molecule has 2 fully saturated rings. The highest BCUT2D eigenvalue weighted by molar-refractivity contribution is 5.97. The van der Waals surface area contributed by atoms with Gasteiger partial charge < -0.3 is 19.5 Å². The molecule has 0 aromatic heterocycles. The highest BCUT2D eigenvalue weighted by Gasteiger charge is 2.18. The number of nitrogens with one attached hydrogen (secondary N) is 2. The van der Waals surface area contributed by atoms with Gasteiger partial charge in [0.2, 0.25) is 0 Å². The number of ether oxygens (including phenoxy) is 3. The van der Waals surface area contributed by atoms with Crippen LogP contribution in [0.15, 0.2) is 24.3 Å². The number of hydrogen-bond donors (Lipinski definition) is 2. The molecule has 0 bridgehead atoms. The van der Waals surface area contributed by atoms with Crippen molar-refractivity contribution in [3.05, 3.63) is 29.8 Å². The fourth-order valence-electron chi connectivity index (χ4n) is 3.50. The summed E-state index contributed by atoms with van der Waals surface area (Å²) < 4.78 is 16.1. The first-order valence-corrected chi connectivity index (χ1v) is 10.2. The summed E-state index contributed by atoms with van der Waals surface area (Å²) in [5.41, 5.74) is 0.300. The monoisotopic (exact) mass is 404 g/mol. The number of benzene rings is 1. The fraction of sp³-hybridized carbons (Fsp3) is 0.571. The van der Waals surface area contributed by atoms with Crippen molar-refractivity contribution in [1.82, 2.24) is 10.6 Å². The van der Waals surface area contributed by atoms with Gasteiger partial charge in [-0.3, -0.25) is 10.1 Å². The van der Waals surface area contributed by atoms with Crippen LogP contribution >= 0.6 is 0 Å². The Kier molecular flexibility index (Phi) is 7.86. The van der Waals surface area contributed by atoms with Gasteiger partial charge in [-0.1, -0.05) is 19.3 Å². The molecule has 1 heterocycles. The number of amides is 3. The predicted molar refractivity (Wildman–Crippen MR) is 105 cm³/mol. The van der Waals surface area contributed by atoms with Crippen LogP contribution in [-0.2, 0) is 14.3 Å². The van der Waals surface area contributed by atoms with Crippen LogP contribution in [0, 0.1) is 0 Å². The minimum atomic E-state index is -0.664. The van der Waals surface area contributed by atoms with Crippen LogP contribution < -0.4 is 15.4 Å². The van der Waals surface area contributed by atoms with Gasteiger partial charge in [0, 0.05) is 12.6 Å². The Balaban J connectivity index is 1.35. The van der Waals surface area contributed by atoms with E-state index in [9.17, 15) is 14.4 Å². The highest BCUT2D eigenvalue weighted by atomic mass is 16.5. The zero-order valence-corrected chi connectivity index (χ0v) is 16.5. The lowest BCUT2D eigenvalue weighted by atomic mass is 9.96. The average Bonchev–Trinajstić information content (AvgIpc) is 3.25. The molecule has 3 amide bonds. The normalized spacial score (nSPS) is 19.4. The molecule has 1 aliphatic carbocycles. The molecule has 2 N–H and O–H groups in total. The fourth-order valence-corrected chi connectivity index (χ4v) is 3.50. The Morgan fingerprint density at radius 3 is 2.45 bits per heavy atom. The van der Waals surface area contributed by atoms with E-state index in [4.69, 9.17) is 14.2 Å². The highest BCUT2D eigenvalue weighted by Crippen LogP contribution is 2.18. The summed E-state index contributed by atoms with van der Waals surface area (Å²) >= 11 is 0. The van der Waals surface area contributed by atoms with Crippen molar-refractivity contribution < 1.29 is 28.6 Å². The second kappa shape index (κ2) is 10.8. The molecule has 29 heavy (non-hydrogen) atoms. The maximum atomic E-state index is 12.1. The van der Waals surface area contributed by atoms with Crippen molar-refractivity contribution >= 4 is 17.9 Å². The van der Waals surface area contributed by atoms with Crippen LogP contribution in [0.4, 0.5) is 4.79 Å². The lowest BCUT2D eigenvalue weighted by Gasteiger charge is -2.22. The first-order valence-electron chi connectivity index (χ1n) is 10.2. The van der Waals surface area contributed by atoms with E-state index in [2.05, 4.69) is 10.6 Å². The van der Waals surface area contributed by atoms with Gasteiger partial charge in [0.15, 0.2) is 6.61 Å². The van der Waals surface area contributed by atoms with Gasteiger partial charge in [0.25, 0.3) is 5.91 Å². The summed E-state index contributed by atoms with van der Waals surface area (Å²) in [7, 11) is 0. The maximum absolute atomic E-state index is 12.1. The molecule has 8 heteroatoms. The summed E-state index contributed by atoms with van der Waals surface area (Å²) in [6.07, 6.45) is 7.34. The van der Waals surface area contributed by atoms with E-state index < -0.39 is 24.5 Å². The van der Waals surface area contributed by atoms with Crippen molar-refractivity contribution in [2.24, 2.45) is 0 Å². The standard InChI is InChI=1S/C21H28N2O6/c24-19(23-21(26)22-16-5-2-1-3-6-16)14-29-20(25)15-8-10-17(11-9-15)28-13-18-7-4-12-27-18/h8-11,16,18H,1-7,12-14H2,(H2,22,23,24,26)/t18-/m1/s1. The van der Waals surface area contributed by atoms with Gasteiger partial charge in [0.1, 0.15) is 12.4 Å². The van der Waals surface area contributed by atoms with Gasteiger partial charge >= 0.3 is 12.0 Å². The van der Waals surface area contributed by atoms with Crippen LogP contribution in [-0.4, -0.2) is 49.9 Å². The second-order valence-corrected chi connectivity index (χ2v) is 7.40. The molecule has 1 atom stereocenters. The predicted octanol–water partition coefficient (Wildman–Crippen LogP) is 2.56. The largest absolute Gasteiger partial charge is 0.491 e. The van der Waals surface area contributed by atoms with E-state index in [1.54, 1.807) is 24.3 Å². The number of rotatable bonds is 7. The van der Waals surface area contributed by atoms with Crippen molar-refractivity contribution in [1.29, 1.82) is 0 Å². The summed E-state index contributed by atoms with van der Waals surface area (Å²) in [5, 5.41) is 4.96. The molecule has 0 radical (unpaired) electrons. The molecular weight excluding hydrogens is 376 g/mol. The van der Waals surface area contributed by atoms with Gasteiger partial charge in [-0.15, -0.1) is 0 Å². The van der Waals surface area contributed by atoms with Crippen LogP contribution in [0.25, 0.3) is 0 Å². The van der Waals surface area contributed by atoms with E-state index in [0.29, 0.717) is 17.9 Å². The SMILES string of the molecule is O=C(COC(=O)c1ccc(OC[C@H]2CCCO2)cc1)NC(=O)NC1CCCCC1. The van der Waals surface area contributed by atoms with E-state index in [1.165, 1.54) is 6.42 Å². The molecule has 0 unspecified atom stereocenters. The minimum absolute atomic E-state index is 0.0973. The Hall–Kier alpha value is -2.61. The van der Waals surface area contributed by atoms with E-state index >= 15 is 0 Å². The molecule has 8 nitrogen and oxygen atoms in total. The third-order valence-corrected chi connectivity index (χ3v) is 5.08. The molecule has 1 aromatic rings. The molecule has 1 saturated carbocycles. The van der Waals surface area contributed by atoms with Crippen LogP contribution in [0.5, 0.6) is 5.75 Å². The Bertz CT molecular complexity index is 694. The summed E-state index contributed by atoms with van der Waals surface area (Å²) in [5.74, 6) is -0.670. The Labute approximate surface area is 170 Å². The second-order valence-electron chi connectivity index (χ2n) is 7.40. The van der Waals surface area contributed by atoms with Gasteiger partial charge in [-0.05, 0) is 49.9 Å². The Morgan fingerprint density at radius 1 is 1.00 bits per heavy atom. The van der Waals surface area contributed by atoms with Crippen molar-refractivity contribution in [2.45, 2.75) is 57.1 Å². The van der Waals surface area contributed by atoms with Gasteiger partial charge in [-0.2, -0.15) is 0 Å². The minimum Gasteiger partial charge on any atom is -0.491 e. The number of esters is 1. The number of carbonyl (C=O) groups is 3. The van der Waals surface area contributed by atoms with Gasteiger partial charge in [0.05, 0.1) is 11.7 Å². The molecule has 1 saturated heterocycles. The molecular formula is C21H28N2O6. The summed E-state index contributed by atoms with van der Waals surface area (Å²) in [6, 6.07) is 6.03. The third kappa shape index (κ3) is 7.05. The van der Waals surface area contributed by atoms with Crippen LogP contribution in [0.1, 0.15) is 55.3 Å². The van der Waals surface area contributed by atoms with E-state index in [-0.39, 0.29) is 12.1 Å². The first-order chi connectivity index (χ1) is 14.1. The molecule has 158 valence electrons. The van der Waals surface area contributed by atoms with Crippen molar-refractivity contribution in [3.8, 4) is 5.75 Å². The molecule has 1 aliphatic heterocycles. The number of imide groups is 1. The molecule has 2 aliphatic rings. The maximum Gasteiger partial charge on any atom is 0.338 e. The molecule has 1 aromatic carbocycles. The number of urea groups is 1. The van der Waals surface area contributed by atoms with Crippen LogP contribution in [0.3, 0.4) is 0 Å². The molecule has 3 rings (SSSR count). The zero-order valence-electron chi connectivity index (χ0n) is 16.5. The smallest absolute Gasteiger partial charge is 0.338 e. The summed E-state index contributed by atoms with van der Waals surface area (Å²) in [4.78, 5) is 35.7. The van der Waals surface area contributed by atoms with Crippen molar-refractivity contribution in [2.75, 3.05) is 19.8 Å². The van der Waals surface area contributed by atoms with Gasteiger partial charge in [-0.25, -0.2) is 9.59 Å². The zero-order chi connectivity index (χ0) is 20.5. The lowest BCUT2D eigenvalue weighted by Crippen LogP contribution is -2.46. The van der Waals surface area contributed by atoms with Crippen LogP contribution in [0.2, 0.25) is 0 Å². The van der Waals surface area contributed by atoms with Crippen molar-refractivity contribution in [3.63, 3.8) is 0 Å². The van der Waals surface area contributed by atoms with E-state index in [1.807, 2.05) is 0 Å². The van der Waals surface area contributed by atoms with E-state index in [0.717, 1.165) is 45.1 Å². The number of carbonyl (C=O) groups excluding carboxylic acids is 3. The number of hydrogen-bond acceptors (Lipinski definition) is 6. The quantitative estimate of drug-likeness (QED) is 0.677. The topological polar surface area (TPSA) is 103 Å². The average molecular weight is 404 g/mol. The third-order valence-electron chi connectivity index (χ3n) is 5.08. The first kappa shape index (κ1) is 21.1. The lowest BCUT2D eigenvalue weighted by molar-refractivity contribution is -0.123.